The number of hydrogen-bond acceptors (Lipinski definition) is 6. The number of rotatable bonds is 3. The molecule has 1 aliphatic rings. The number of primary amides is 1. The maximum atomic E-state index is 11.4. The van der Waals surface area contributed by atoms with Gasteiger partial charge in [-0.05, 0) is 12.8 Å². The summed E-state index contributed by atoms with van der Waals surface area (Å²) in [6.45, 7) is 1.40. The van der Waals surface area contributed by atoms with Crippen LogP contribution in [-0.2, 0) is 4.79 Å². The summed E-state index contributed by atoms with van der Waals surface area (Å²) < 4.78 is 1.85. The van der Waals surface area contributed by atoms with E-state index in [4.69, 9.17) is 11.6 Å². The number of nitrogens with zero attached hydrogens (tertiary/aromatic N) is 4. The van der Waals surface area contributed by atoms with E-state index < -0.39 is 0 Å². The normalized spacial score (nSPS) is 19.2. The van der Waals surface area contributed by atoms with Gasteiger partial charge >= 0.3 is 0 Å². The van der Waals surface area contributed by atoms with Crippen LogP contribution >= 0.6 is 0 Å². The van der Waals surface area contributed by atoms with Crippen molar-refractivity contribution in [3.8, 4) is 0 Å². The van der Waals surface area contributed by atoms with E-state index in [0.29, 0.717) is 12.4 Å². The Kier molecular flexibility index (Phi) is 3.15. The molecule has 5 N–H and O–H groups in total. The molecule has 1 fully saturated rings. The molecular formula is C12H17N7O. The molecule has 0 spiro atoms. The minimum Gasteiger partial charge on any atom is -0.369 e. The molecule has 1 unspecified atom stereocenters. The highest BCUT2D eigenvalue weighted by Gasteiger charge is 2.26. The van der Waals surface area contributed by atoms with Crippen LogP contribution in [0.5, 0.6) is 0 Å². The zero-order chi connectivity index (χ0) is 14.1. The van der Waals surface area contributed by atoms with E-state index in [1.807, 2.05) is 15.5 Å². The number of carbonyl (C=O) groups is 1. The fourth-order valence-corrected chi connectivity index (χ4v) is 2.60. The average molecular weight is 275 g/mol. The summed E-state index contributed by atoms with van der Waals surface area (Å²) in [6, 6.07) is 0. The molecule has 2 aromatic rings. The first-order valence-electron chi connectivity index (χ1n) is 6.53. The van der Waals surface area contributed by atoms with Crippen LogP contribution in [0.3, 0.4) is 0 Å². The van der Waals surface area contributed by atoms with Gasteiger partial charge in [0.25, 0.3) is 0 Å². The number of hydrazine groups is 1. The van der Waals surface area contributed by atoms with Gasteiger partial charge < -0.3 is 20.5 Å². The minimum absolute atomic E-state index is 0.143. The summed E-state index contributed by atoms with van der Waals surface area (Å²) in [4.78, 5) is 22.2. The quantitative estimate of drug-likeness (QED) is 0.524. The smallest absolute Gasteiger partial charge is 0.222 e. The number of aromatic nitrogens is 3. The van der Waals surface area contributed by atoms with Gasteiger partial charge in [0.05, 0.1) is 12.1 Å². The summed E-state index contributed by atoms with van der Waals surface area (Å²) in [6.07, 6.45) is 7.03. The summed E-state index contributed by atoms with van der Waals surface area (Å²) in [5, 5.41) is 0. The van der Waals surface area contributed by atoms with Crippen molar-refractivity contribution in [3.63, 3.8) is 0 Å². The zero-order valence-electron chi connectivity index (χ0n) is 11.0. The number of carbonyl (C=O) groups excluding carboxylic acids is 1. The fraction of sp³-hybridized carbons (Fsp3) is 0.417. The Morgan fingerprint density at radius 1 is 1.50 bits per heavy atom. The SMILES string of the molecule is NNc1cn2ccnc2c(N2CCCC(C(N)=O)C2)n1. The number of nitrogens with one attached hydrogen (secondary N) is 1. The topological polar surface area (TPSA) is 115 Å². The lowest BCUT2D eigenvalue weighted by Crippen LogP contribution is -2.41. The van der Waals surface area contributed by atoms with Gasteiger partial charge in [0.2, 0.25) is 5.91 Å². The van der Waals surface area contributed by atoms with E-state index in [1.165, 1.54) is 0 Å². The van der Waals surface area contributed by atoms with E-state index in [0.717, 1.165) is 30.9 Å². The molecule has 0 aliphatic carbocycles. The molecule has 1 atom stereocenters. The van der Waals surface area contributed by atoms with E-state index in [-0.39, 0.29) is 11.8 Å². The summed E-state index contributed by atoms with van der Waals surface area (Å²) >= 11 is 0. The average Bonchev–Trinajstić information content (AvgIpc) is 2.94. The Labute approximate surface area is 115 Å². The monoisotopic (exact) mass is 275 g/mol. The second-order valence-electron chi connectivity index (χ2n) is 4.94. The summed E-state index contributed by atoms with van der Waals surface area (Å²) in [7, 11) is 0. The van der Waals surface area contributed by atoms with Gasteiger partial charge in [-0.15, -0.1) is 0 Å². The van der Waals surface area contributed by atoms with E-state index in [9.17, 15) is 4.79 Å². The maximum absolute atomic E-state index is 11.4. The third kappa shape index (κ3) is 2.14. The van der Waals surface area contributed by atoms with Gasteiger partial charge in [0.15, 0.2) is 17.3 Å². The highest BCUT2D eigenvalue weighted by Crippen LogP contribution is 2.25. The van der Waals surface area contributed by atoms with Crippen molar-refractivity contribution in [2.24, 2.45) is 17.5 Å². The van der Waals surface area contributed by atoms with Crippen LogP contribution in [-0.4, -0.2) is 33.4 Å². The van der Waals surface area contributed by atoms with Crippen molar-refractivity contribution in [1.82, 2.24) is 14.4 Å². The molecule has 3 heterocycles. The number of nitrogen functional groups attached to an aromatic ring is 1. The van der Waals surface area contributed by atoms with Crippen molar-refractivity contribution in [1.29, 1.82) is 0 Å². The second-order valence-corrected chi connectivity index (χ2v) is 4.94. The van der Waals surface area contributed by atoms with Crippen LogP contribution in [0.2, 0.25) is 0 Å². The second kappa shape index (κ2) is 4.97. The predicted octanol–water partition coefficient (Wildman–Crippen LogP) is -0.283. The molecule has 1 aliphatic heterocycles. The number of amides is 1. The maximum Gasteiger partial charge on any atom is 0.222 e. The van der Waals surface area contributed by atoms with Crippen LogP contribution in [0.1, 0.15) is 12.8 Å². The molecule has 0 aromatic carbocycles. The van der Waals surface area contributed by atoms with E-state index in [2.05, 4.69) is 15.4 Å². The highest BCUT2D eigenvalue weighted by atomic mass is 16.1. The predicted molar refractivity (Wildman–Crippen MR) is 74.9 cm³/mol. The van der Waals surface area contributed by atoms with Gasteiger partial charge in [-0.25, -0.2) is 15.8 Å². The highest BCUT2D eigenvalue weighted by molar-refractivity contribution is 5.78. The lowest BCUT2D eigenvalue weighted by atomic mass is 9.97. The van der Waals surface area contributed by atoms with Gasteiger partial charge in [0.1, 0.15) is 0 Å². The lowest BCUT2D eigenvalue weighted by molar-refractivity contribution is -0.122. The van der Waals surface area contributed by atoms with Crippen LogP contribution in [0, 0.1) is 5.92 Å². The molecule has 2 aromatic heterocycles. The van der Waals surface area contributed by atoms with Gasteiger partial charge in [-0.3, -0.25) is 4.79 Å². The van der Waals surface area contributed by atoms with Crippen molar-refractivity contribution < 1.29 is 4.79 Å². The molecule has 0 saturated carbocycles. The van der Waals surface area contributed by atoms with Crippen molar-refractivity contribution in [3.05, 3.63) is 18.6 Å². The molecule has 1 amide bonds. The number of imidazole rings is 1. The lowest BCUT2D eigenvalue weighted by Gasteiger charge is -2.32. The van der Waals surface area contributed by atoms with Gasteiger partial charge in [-0.2, -0.15) is 0 Å². The first kappa shape index (κ1) is 12.7. The first-order valence-corrected chi connectivity index (χ1v) is 6.53. The summed E-state index contributed by atoms with van der Waals surface area (Å²) in [5.41, 5.74) is 8.71. The third-order valence-corrected chi connectivity index (χ3v) is 3.63. The zero-order valence-corrected chi connectivity index (χ0v) is 11.0. The van der Waals surface area contributed by atoms with Crippen LogP contribution in [0.25, 0.3) is 5.65 Å². The van der Waals surface area contributed by atoms with Gasteiger partial charge in [-0.1, -0.05) is 0 Å². The molecule has 20 heavy (non-hydrogen) atoms. The van der Waals surface area contributed by atoms with Crippen LogP contribution in [0.15, 0.2) is 18.6 Å². The Morgan fingerprint density at radius 2 is 2.35 bits per heavy atom. The van der Waals surface area contributed by atoms with Gasteiger partial charge in [0, 0.05) is 25.5 Å². The molecule has 106 valence electrons. The van der Waals surface area contributed by atoms with Crippen molar-refractivity contribution in [2.45, 2.75) is 12.8 Å². The number of piperidine rings is 1. The molecule has 8 heteroatoms. The molecule has 0 bridgehead atoms. The fourth-order valence-electron chi connectivity index (χ4n) is 2.60. The Balaban J connectivity index is 2.00. The number of hydrogen-bond donors (Lipinski definition) is 3. The molecule has 0 radical (unpaired) electrons. The Morgan fingerprint density at radius 3 is 3.10 bits per heavy atom. The van der Waals surface area contributed by atoms with Crippen molar-refractivity contribution in [2.75, 3.05) is 23.4 Å². The Bertz CT molecular complexity index is 638. The third-order valence-electron chi connectivity index (χ3n) is 3.63. The molecule has 1 saturated heterocycles. The van der Waals surface area contributed by atoms with E-state index in [1.54, 1.807) is 12.4 Å². The Hall–Kier alpha value is -2.35. The minimum atomic E-state index is -0.262. The number of fused-ring (bicyclic) bond motifs is 1. The molecular weight excluding hydrogens is 258 g/mol. The number of anilines is 2. The van der Waals surface area contributed by atoms with Crippen LogP contribution < -0.4 is 21.9 Å². The largest absolute Gasteiger partial charge is 0.369 e. The van der Waals surface area contributed by atoms with Crippen LogP contribution in [0.4, 0.5) is 11.6 Å². The van der Waals surface area contributed by atoms with E-state index >= 15 is 0 Å². The first-order chi connectivity index (χ1) is 9.69. The standard InChI is InChI=1S/C12H17N7O/c13-10(20)8-2-1-4-18(6-8)12-11-15-3-5-19(11)7-9(16-12)17-14/h3,5,7-8,17H,1-2,4,6,14H2,(H2,13,20). The molecule has 8 nitrogen and oxygen atoms in total. The number of nitrogens with two attached hydrogens (primary N) is 2. The van der Waals surface area contributed by atoms with Crippen molar-refractivity contribution >= 4 is 23.2 Å². The molecule has 3 rings (SSSR count). The summed E-state index contributed by atoms with van der Waals surface area (Å²) in [5.74, 6) is 6.31.